The standard InChI is InChI=1S/C21H22N4O4S.HNO3/c1-15-12-17(28-11-10-25(24-2)21(22)23)14-18(13-15)29-30(26,27)20-9-5-7-16-6-3-4-8-19(16)20;2-1(3)4/h3-9,12-14H,2,10-11H2,1H3,(H3,22,23);(H,2,3,4). The number of ether oxygens (including phenoxy) is 1. The van der Waals surface area contributed by atoms with Gasteiger partial charge in [-0.3, -0.25) is 5.41 Å². The number of rotatable bonds is 8. The second-order valence-corrected chi connectivity index (χ2v) is 8.25. The van der Waals surface area contributed by atoms with E-state index in [1.165, 1.54) is 17.1 Å². The van der Waals surface area contributed by atoms with E-state index in [9.17, 15) is 8.42 Å². The molecule has 12 nitrogen and oxygen atoms in total. The number of hydrazone groups is 1. The Bertz CT molecular complexity index is 1290. The van der Waals surface area contributed by atoms with Crippen LogP contribution in [0, 0.1) is 22.4 Å². The van der Waals surface area contributed by atoms with Crippen molar-refractivity contribution in [3.05, 3.63) is 76.3 Å². The first-order chi connectivity index (χ1) is 16.0. The molecule has 0 saturated carbocycles. The summed E-state index contributed by atoms with van der Waals surface area (Å²) in [5.74, 6) is 0.317. The molecule has 0 aliphatic heterocycles. The zero-order chi connectivity index (χ0) is 25.3. The summed E-state index contributed by atoms with van der Waals surface area (Å²) in [6.07, 6.45) is 0. The largest absolute Gasteiger partial charge is 0.492 e. The maximum atomic E-state index is 12.9. The van der Waals surface area contributed by atoms with Crippen molar-refractivity contribution in [2.45, 2.75) is 11.8 Å². The molecule has 0 aromatic heterocycles. The van der Waals surface area contributed by atoms with Gasteiger partial charge in [0.15, 0.2) is 0 Å². The molecule has 4 N–H and O–H groups in total. The van der Waals surface area contributed by atoms with Gasteiger partial charge in [-0.2, -0.15) is 13.5 Å². The maximum absolute atomic E-state index is 12.9. The van der Waals surface area contributed by atoms with Crippen molar-refractivity contribution in [1.82, 2.24) is 5.01 Å². The summed E-state index contributed by atoms with van der Waals surface area (Å²) in [6.45, 7) is 5.53. The zero-order valence-electron chi connectivity index (χ0n) is 18.1. The third-order valence-corrected chi connectivity index (χ3v) is 5.58. The van der Waals surface area contributed by atoms with Crippen molar-refractivity contribution in [2.24, 2.45) is 10.8 Å². The predicted octanol–water partition coefficient (Wildman–Crippen LogP) is 2.76. The van der Waals surface area contributed by atoms with E-state index in [1.54, 1.807) is 37.3 Å². The lowest BCUT2D eigenvalue weighted by molar-refractivity contribution is -0.742. The van der Waals surface area contributed by atoms with Crippen LogP contribution in [0.3, 0.4) is 0 Å². The summed E-state index contributed by atoms with van der Waals surface area (Å²) in [5.41, 5.74) is 6.14. The SMILES string of the molecule is C=NN(CCOc1cc(C)cc(OS(=O)(=O)c2cccc3ccccc23)c1)C(=N)N.O=[N+]([O-])O. The molecule has 0 unspecified atom stereocenters. The van der Waals surface area contributed by atoms with E-state index in [-0.39, 0.29) is 29.8 Å². The summed E-state index contributed by atoms with van der Waals surface area (Å²) in [4.78, 5) is 8.46. The second-order valence-electron chi connectivity index (χ2n) is 6.73. The van der Waals surface area contributed by atoms with Crippen molar-refractivity contribution in [1.29, 1.82) is 5.41 Å². The molecule has 0 aliphatic rings. The van der Waals surface area contributed by atoms with E-state index >= 15 is 0 Å². The Morgan fingerprint density at radius 2 is 1.82 bits per heavy atom. The molecule has 3 aromatic rings. The fraction of sp³-hybridized carbons (Fsp3) is 0.143. The van der Waals surface area contributed by atoms with Gasteiger partial charge in [-0.25, -0.2) is 5.01 Å². The normalized spacial score (nSPS) is 10.5. The number of fused-ring (bicyclic) bond motifs is 1. The van der Waals surface area contributed by atoms with E-state index < -0.39 is 15.2 Å². The molecule has 13 heteroatoms. The molecule has 0 spiro atoms. The van der Waals surface area contributed by atoms with E-state index in [0.29, 0.717) is 11.1 Å². The van der Waals surface area contributed by atoms with Gasteiger partial charge in [0.25, 0.3) is 5.09 Å². The maximum Gasteiger partial charge on any atom is 0.339 e. The monoisotopic (exact) mass is 489 g/mol. The lowest BCUT2D eigenvalue weighted by Crippen LogP contribution is -2.34. The van der Waals surface area contributed by atoms with Crippen molar-refractivity contribution < 1.29 is 27.6 Å². The Hall–Kier alpha value is -4.39. The van der Waals surface area contributed by atoms with Gasteiger partial charge >= 0.3 is 10.1 Å². The summed E-state index contributed by atoms with van der Waals surface area (Å²) < 4.78 is 36.9. The van der Waals surface area contributed by atoms with Crippen molar-refractivity contribution in [3.63, 3.8) is 0 Å². The summed E-state index contributed by atoms with van der Waals surface area (Å²) >= 11 is 0. The molecule has 0 fully saturated rings. The lowest BCUT2D eigenvalue weighted by atomic mass is 10.1. The van der Waals surface area contributed by atoms with Crippen LogP contribution in [0.25, 0.3) is 10.8 Å². The van der Waals surface area contributed by atoms with Gasteiger partial charge in [0.05, 0.1) is 6.54 Å². The van der Waals surface area contributed by atoms with Gasteiger partial charge in [-0.15, -0.1) is 10.1 Å². The molecule has 0 amide bonds. The van der Waals surface area contributed by atoms with Gasteiger partial charge in [0.2, 0.25) is 5.96 Å². The summed E-state index contributed by atoms with van der Waals surface area (Å²) in [5, 5.41) is 27.2. The van der Waals surface area contributed by atoms with Crippen molar-refractivity contribution >= 4 is 33.6 Å². The van der Waals surface area contributed by atoms with E-state index in [1.807, 2.05) is 18.2 Å². The molecular formula is C21H23N5O7S. The zero-order valence-corrected chi connectivity index (χ0v) is 18.9. The fourth-order valence-corrected chi connectivity index (χ4v) is 4.09. The topological polar surface area (TPSA) is 181 Å². The summed E-state index contributed by atoms with van der Waals surface area (Å²) in [6, 6.07) is 17.1. The number of aryl methyl sites for hydroxylation is 1. The van der Waals surface area contributed by atoms with Crippen LogP contribution in [0.1, 0.15) is 5.56 Å². The molecule has 0 saturated heterocycles. The van der Waals surface area contributed by atoms with Crippen LogP contribution in [-0.4, -0.2) is 49.5 Å². The molecule has 180 valence electrons. The van der Waals surface area contributed by atoms with Crippen LogP contribution in [0.5, 0.6) is 11.5 Å². The van der Waals surface area contributed by atoms with Gasteiger partial charge < -0.3 is 19.9 Å². The highest BCUT2D eigenvalue weighted by atomic mass is 32.2. The minimum atomic E-state index is -4.05. The second kappa shape index (κ2) is 11.5. The smallest absolute Gasteiger partial charge is 0.339 e. The fourth-order valence-electron chi connectivity index (χ4n) is 2.95. The van der Waals surface area contributed by atoms with E-state index in [0.717, 1.165) is 10.9 Å². The Balaban J connectivity index is 0.000000945. The molecule has 3 rings (SSSR count). The number of benzene rings is 3. The third kappa shape index (κ3) is 7.34. The quantitative estimate of drug-likeness (QED) is 0.141. The first-order valence-corrected chi connectivity index (χ1v) is 11.0. The van der Waals surface area contributed by atoms with Gasteiger partial charge in [0, 0.05) is 18.2 Å². The Morgan fingerprint density at radius 1 is 1.21 bits per heavy atom. The third-order valence-electron chi connectivity index (χ3n) is 4.27. The van der Waals surface area contributed by atoms with Crippen molar-refractivity contribution in [2.75, 3.05) is 13.2 Å². The Labute approximate surface area is 195 Å². The van der Waals surface area contributed by atoms with Crippen molar-refractivity contribution in [3.8, 4) is 11.5 Å². The molecule has 0 heterocycles. The first-order valence-electron chi connectivity index (χ1n) is 9.61. The van der Waals surface area contributed by atoms with E-state index in [4.69, 9.17) is 35.4 Å². The van der Waals surface area contributed by atoms with Crippen LogP contribution in [0.4, 0.5) is 0 Å². The number of nitrogens with zero attached hydrogens (tertiary/aromatic N) is 3. The van der Waals surface area contributed by atoms with Crippen LogP contribution in [0.15, 0.2) is 70.7 Å². The molecule has 0 radical (unpaired) electrons. The highest BCUT2D eigenvalue weighted by Crippen LogP contribution is 2.28. The molecule has 0 aliphatic carbocycles. The highest BCUT2D eigenvalue weighted by molar-refractivity contribution is 7.87. The molecule has 34 heavy (non-hydrogen) atoms. The van der Waals surface area contributed by atoms with Crippen LogP contribution in [0.2, 0.25) is 0 Å². The number of nitrogens with one attached hydrogen (secondary N) is 1. The number of hydrogen-bond donors (Lipinski definition) is 3. The number of nitrogens with two attached hydrogens (primary N) is 1. The molecule has 0 atom stereocenters. The first kappa shape index (κ1) is 25.9. The number of hydrogen-bond acceptors (Lipinski definition) is 8. The van der Waals surface area contributed by atoms with Crippen LogP contribution < -0.4 is 14.7 Å². The van der Waals surface area contributed by atoms with Gasteiger partial charge in [-0.1, -0.05) is 36.4 Å². The summed E-state index contributed by atoms with van der Waals surface area (Å²) in [7, 11) is -4.05. The van der Waals surface area contributed by atoms with Gasteiger partial charge in [-0.05, 0) is 36.1 Å². The Kier molecular flexibility index (Phi) is 8.72. The van der Waals surface area contributed by atoms with Crippen LogP contribution >= 0.6 is 0 Å². The van der Waals surface area contributed by atoms with E-state index in [2.05, 4.69) is 11.8 Å². The lowest BCUT2D eigenvalue weighted by Gasteiger charge is -2.16. The van der Waals surface area contributed by atoms with Crippen LogP contribution in [-0.2, 0) is 10.1 Å². The minimum Gasteiger partial charge on any atom is -0.492 e. The van der Waals surface area contributed by atoms with Gasteiger partial charge in [0.1, 0.15) is 23.0 Å². The highest BCUT2D eigenvalue weighted by Gasteiger charge is 2.20. The average molecular weight is 490 g/mol. The minimum absolute atomic E-state index is 0.0960. The molecular weight excluding hydrogens is 466 g/mol. The Morgan fingerprint density at radius 3 is 2.47 bits per heavy atom. The average Bonchev–Trinajstić information content (AvgIpc) is 2.75. The molecule has 0 bridgehead atoms. The predicted molar refractivity (Wildman–Crippen MR) is 125 cm³/mol. The molecule has 3 aromatic carbocycles. The number of guanidine groups is 1.